The molecule has 4 rings (SSSR count). The second kappa shape index (κ2) is 10.7. The highest BCUT2D eigenvalue weighted by atomic mass is 16.6. The maximum atomic E-state index is 13.8. The molecule has 0 bridgehead atoms. The number of carbonyl (C=O) groups is 1. The summed E-state index contributed by atoms with van der Waals surface area (Å²) in [6, 6.07) is 9.08. The standard InChI is InChI=1S/C25H28N4O7/c1-4-36-25(31)16-6-5-11-27(14-16)15-23-26-20-9-7-17(29(32)33)12-19(20)24(30)28(23)21-10-8-18(34-2)13-22(21)35-3/h7-10,12-13,16H,4-6,11,14-15H2,1-3H3/t16-/m1/s1. The summed E-state index contributed by atoms with van der Waals surface area (Å²) in [5.74, 6) is 0.872. The molecule has 0 amide bonds. The average Bonchev–Trinajstić information content (AvgIpc) is 2.88. The summed E-state index contributed by atoms with van der Waals surface area (Å²) in [4.78, 5) is 43.7. The number of benzene rings is 2. The van der Waals surface area contributed by atoms with Gasteiger partial charge in [0, 0.05) is 24.7 Å². The van der Waals surface area contributed by atoms with Crippen LogP contribution in [-0.4, -0.2) is 59.3 Å². The number of aromatic nitrogens is 2. The fourth-order valence-corrected chi connectivity index (χ4v) is 4.51. The fourth-order valence-electron chi connectivity index (χ4n) is 4.51. The monoisotopic (exact) mass is 496 g/mol. The van der Waals surface area contributed by atoms with Crippen molar-refractivity contribution >= 4 is 22.6 Å². The van der Waals surface area contributed by atoms with E-state index >= 15 is 0 Å². The Bertz CT molecular complexity index is 1350. The third-order valence-corrected chi connectivity index (χ3v) is 6.25. The molecule has 1 aliphatic heterocycles. The molecule has 1 saturated heterocycles. The topological polar surface area (TPSA) is 126 Å². The molecule has 190 valence electrons. The Hall–Kier alpha value is -3.99. The normalized spacial score (nSPS) is 16.0. The van der Waals surface area contributed by atoms with E-state index in [2.05, 4.69) is 4.90 Å². The molecular weight excluding hydrogens is 468 g/mol. The summed E-state index contributed by atoms with van der Waals surface area (Å²) in [6.07, 6.45) is 1.54. The van der Waals surface area contributed by atoms with Crippen LogP contribution in [0.15, 0.2) is 41.2 Å². The first-order valence-corrected chi connectivity index (χ1v) is 11.7. The number of fused-ring (bicyclic) bond motifs is 1. The van der Waals surface area contributed by atoms with Gasteiger partial charge in [-0.15, -0.1) is 0 Å². The van der Waals surface area contributed by atoms with Crippen molar-refractivity contribution in [1.82, 2.24) is 14.5 Å². The highest BCUT2D eigenvalue weighted by Gasteiger charge is 2.28. The summed E-state index contributed by atoms with van der Waals surface area (Å²) in [5.41, 5.74) is 0.123. The molecule has 1 aromatic heterocycles. The molecule has 1 atom stereocenters. The summed E-state index contributed by atoms with van der Waals surface area (Å²) in [6.45, 7) is 3.59. The number of carbonyl (C=O) groups excluding carboxylic acids is 1. The predicted molar refractivity (Wildman–Crippen MR) is 132 cm³/mol. The average molecular weight is 497 g/mol. The Morgan fingerprint density at radius 1 is 1.19 bits per heavy atom. The summed E-state index contributed by atoms with van der Waals surface area (Å²) in [5, 5.41) is 11.5. The first-order valence-electron chi connectivity index (χ1n) is 11.7. The number of hydrogen-bond acceptors (Lipinski definition) is 9. The fraction of sp³-hybridized carbons (Fsp3) is 0.400. The van der Waals surface area contributed by atoms with Crippen molar-refractivity contribution in [2.24, 2.45) is 5.92 Å². The summed E-state index contributed by atoms with van der Waals surface area (Å²) >= 11 is 0. The molecule has 0 N–H and O–H groups in total. The number of piperidine rings is 1. The Morgan fingerprint density at radius 3 is 2.69 bits per heavy atom. The lowest BCUT2D eigenvalue weighted by atomic mass is 9.98. The SMILES string of the molecule is CCOC(=O)[C@@H]1CCCN(Cc2nc3ccc([N+](=O)[O-])cc3c(=O)n2-c2ccc(OC)cc2OC)C1. The number of esters is 1. The van der Waals surface area contributed by atoms with Gasteiger partial charge in [0.2, 0.25) is 0 Å². The van der Waals surface area contributed by atoms with Crippen LogP contribution in [0.2, 0.25) is 0 Å². The number of methoxy groups -OCH3 is 2. The molecule has 11 nitrogen and oxygen atoms in total. The molecule has 0 unspecified atom stereocenters. The van der Waals surface area contributed by atoms with E-state index in [1.807, 2.05) is 0 Å². The lowest BCUT2D eigenvalue weighted by Crippen LogP contribution is -2.40. The molecule has 36 heavy (non-hydrogen) atoms. The van der Waals surface area contributed by atoms with E-state index in [0.717, 1.165) is 19.4 Å². The lowest BCUT2D eigenvalue weighted by molar-refractivity contribution is -0.384. The number of likely N-dealkylation sites (tertiary alicyclic amines) is 1. The van der Waals surface area contributed by atoms with E-state index in [0.29, 0.717) is 41.7 Å². The van der Waals surface area contributed by atoms with Crippen LogP contribution in [0, 0.1) is 16.0 Å². The van der Waals surface area contributed by atoms with Gasteiger partial charge in [0.05, 0.1) is 54.8 Å². The highest BCUT2D eigenvalue weighted by molar-refractivity contribution is 5.80. The van der Waals surface area contributed by atoms with Crippen molar-refractivity contribution in [1.29, 1.82) is 0 Å². The van der Waals surface area contributed by atoms with Gasteiger partial charge in [0.15, 0.2) is 0 Å². The van der Waals surface area contributed by atoms with Gasteiger partial charge in [0.25, 0.3) is 11.2 Å². The summed E-state index contributed by atoms with van der Waals surface area (Å²) in [7, 11) is 3.01. The second-order valence-corrected chi connectivity index (χ2v) is 8.49. The van der Waals surface area contributed by atoms with Gasteiger partial charge in [-0.25, -0.2) is 4.98 Å². The Kier molecular flexibility index (Phi) is 7.49. The maximum absolute atomic E-state index is 13.8. The van der Waals surface area contributed by atoms with Crippen molar-refractivity contribution < 1.29 is 23.9 Å². The molecule has 11 heteroatoms. The van der Waals surface area contributed by atoms with Gasteiger partial charge in [-0.05, 0) is 44.5 Å². The van der Waals surface area contributed by atoms with Crippen LogP contribution in [0.25, 0.3) is 16.6 Å². The minimum absolute atomic E-state index is 0.119. The van der Waals surface area contributed by atoms with Gasteiger partial charge < -0.3 is 14.2 Å². The number of rotatable bonds is 8. The van der Waals surface area contributed by atoms with Crippen molar-refractivity contribution in [2.45, 2.75) is 26.3 Å². The zero-order valence-corrected chi connectivity index (χ0v) is 20.4. The van der Waals surface area contributed by atoms with E-state index in [-0.39, 0.29) is 29.5 Å². The van der Waals surface area contributed by atoms with Crippen molar-refractivity contribution in [3.8, 4) is 17.2 Å². The summed E-state index contributed by atoms with van der Waals surface area (Å²) < 4.78 is 17.5. The number of ether oxygens (including phenoxy) is 3. The number of nitrogens with zero attached hydrogens (tertiary/aromatic N) is 4. The highest BCUT2D eigenvalue weighted by Crippen LogP contribution is 2.29. The first kappa shape index (κ1) is 25.1. The molecule has 3 aromatic rings. The van der Waals surface area contributed by atoms with Crippen molar-refractivity contribution in [3.05, 3.63) is 62.7 Å². The molecule has 0 saturated carbocycles. The zero-order chi connectivity index (χ0) is 25.8. The van der Waals surface area contributed by atoms with E-state index < -0.39 is 10.5 Å². The third-order valence-electron chi connectivity index (χ3n) is 6.25. The van der Waals surface area contributed by atoms with E-state index in [1.54, 1.807) is 25.1 Å². The lowest BCUT2D eigenvalue weighted by Gasteiger charge is -2.31. The largest absolute Gasteiger partial charge is 0.497 e. The number of hydrogen-bond donors (Lipinski definition) is 0. The van der Waals surface area contributed by atoms with Crippen LogP contribution in [0.4, 0.5) is 5.69 Å². The van der Waals surface area contributed by atoms with E-state index in [4.69, 9.17) is 19.2 Å². The Labute approximate surface area is 207 Å². The number of non-ortho nitro benzene ring substituents is 1. The van der Waals surface area contributed by atoms with Crippen molar-refractivity contribution in [3.63, 3.8) is 0 Å². The van der Waals surface area contributed by atoms with Crippen LogP contribution in [0.5, 0.6) is 11.5 Å². The molecule has 2 aromatic carbocycles. The van der Waals surface area contributed by atoms with Crippen LogP contribution < -0.4 is 15.0 Å². The van der Waals surface area contributed by atoms with Crippen LogP contribution in [0.3, 0.4) is 0 Å². The van der Waals surface area contributed by atoms with Crippen LogP contribution >= 0.6 is 0 Å². The predicted octanol–water partition coefficient (Wildman–Crippen LogP) is 3.09. The van der Waals surface area contributed by atoms with E-state index in [1.165, 1.54) is 37.0 Å². The van der Waals surface area contributed by atoms with Gasteiger partial charge >= 0.3 is 5.97 Å². The third kappa shape index (κ3) is 5.01. The molecular formula is C25H28N4O7. The molecule has 2 heterocycles. The minimum Gasteiger partial charge on any atom is -0.497 e. The van der Waals surface area contributed by atoms with Crippen LogP contribution in [-0.2, 0) is 16.1 Å². The smallest absolute Gasteiger partial charge is 0.310 e. The Balaban J connectivity index is 1.84. The van der Waals surface area contributed by atoms with Crippen molar-refractivity contribution in [2.75, 3.05) is 33.9 Å². The van der Waals surface area contributed by atoms with Crippen LogP contribution in [0.1, 0.15) is 25.6 Å². The quantitative estimate of drug-likeness (QED) is 0.263. The van der Waals surface area contributed by atoms with Gasteiger partial charge in [-0.1, -0.05) is 0 Å². The maximum Gasteiger partial charge on any atom is 0.310 e. The number of nitro groups is 1. The van der Waals surface area contributed by atoms with Gasteiger partial charge in [-0.3, -0.25) is 29.2 Å². The van der Waals surface area contributed by atoms with Gasteiger partial charge in [0.1, 0.15) is 17.3 Å². The molecule has 1 fully saturated rings. The first-order chi connectivity index (χ1) is 17.4. The number of nitro benzene ring substituents is 1. The Morgan fingerprint density at radius 2 is 2.00 bits per heavy atom. The van der Waals surface area contributed by atoms with Gasteiger partial charge in [-0.2, -0.15) is 0 Å². The zero-order valence-electron chi connectivity index (χ0n) is 20.4. The molecule has 1 aliphatic rings. The molecule has 0 radical (unpaired) electrons. The molecule has 0 aliphatic carbocycles. The molecule has 0 spiro atoms. The second-order valence-electron chi connectivity index (χ2n) is 8.49. The van der Waals surface area contributed by atoms with E-state index in [9.17, 15) is 19.7 Å². The minimum atomic E-state index is -0.547.